The molecule has 6 heteroatoms. The SMILES string of the molecule is COc1c(C(=O)O)cccc1C(=O)NC(c1cccs1)C(C)C. The van der Waals surface area contributed by atoms with Gasteiger partial charge in [-0.2, -0.15) is 0 Å². The molecule has 0 fully saturated rings. The van der Waals surface area contributed by atoms with E-state index in [2.05, 4.69) is 5.32 Å². The zero-order valence-electron chi connectivity index (χ0n) is 13.2. The molecule has 1 heterocycles. The highest BCUT2D eigenvalue weighted by molar-refractivity contribution is 7.10. The van der Waals surface area contributed by atoms with Crippen LogP contribution in [0.2, 0.25) is 0 Å². The minimum atomic E-state index is -1.13. The number of amides is 1. The van der Waals surface area contributed by atoms with Crippen LogP contribution in [0.1, 0.15) is 45.5 Å². The quantitative estimate of drug-likeness (QED) is 0.847. The van der Waals surface area contributed by atoms with E-state index in [1.807, 2.05) is 31.4 Å². The number of nitrogens with one attached hydrogen (secondary N) is 1. The van der Waals surface area contributed by atoms with Crippen molar-refractivity contribution in [3.05, 3.63) is 51.7 Å². The summed E-state index contributed by atoms with van der Waals surface area (Å²) in [5.74, 6) is -1.20. The van der Waals surface area contributed by atoms with Crippen LogP contribution in [0.5, 0.6) is 5.75 Å². The summed E-state index contributed by atoms with van der Waals surface area (Å²) in [5.41, 5.74) is 0.187. The average molecular weight is 333 g/mol. The largest absolute Gasteiger partial charge is 0.495 e. The fourth-order valence-electron chi connectivity index (χ4n) is 2.36. The van der Waals surface area contributed by atoms with Crippen LogP contribution in [0.15, 0.2) is 35.7 Å². The molecule has 0 radical (unpaired) electrons. The van der Waals surface area contributed by atoms with Gasteiger partial charge in [-0.05, 0) is 29.5 Å². The maximum absolute atomic E-state index is 12.6. The van der Waals surface area contributed by atoms with Gasteiger partial charge in [0.2, 0.25) is 0 Å². The van der Waals surface area contributed by atoms with Crippen molar-refractivity contribution in [3.8, 4) is 5.75 Å². The van der Waals surface area contributed by atoms with Gasteiger partial charge in [-0.15, -0.1) is 11.3 Å². The number of thiophene rings is 1. The first-order chi connectivity index (χ1) is 11.0. The van der Waals surface area contributed by atoms with Gasteiger partial charge in [0.1, 0.15) is 11.3 Å². The van der Waals surface area contributed by atoms with E-state index in [-0.39, 0.29) is 34.7 Å². The molecule has 0 aliphatic carbocycles. The number of carboxylic acid groups (broad SMARTS) is 1. The topological polar surface area (TPSA) is 75.6 Å². The number of methoxy groups -OCH3 is 1. The highest BCUT2D eigenvalue weighted by atomic mass is 32.1. The molecule has 0 aliphatic heterocycles. The van der Waals surface area contributed by atoms with Gasteiger partial charge >= 0.3 is 5.97 Å². The normalized spacial score (nSPS) is 12.0. The van der Waals surface area contributed by atoms with Gasteiger partial charge in [-0.3, -0.25) is 4.79 Å². The van der Waals surface area contributed by atoms with Gasteiger partial charge in [-0.1, -0.05) is 26.0 Å². The summed E-state index contributed by atoms with van der Waals surface area (Å²) in [6.45, 7) is 4.05. The maximum atomic E-state index is 12.6. The highest BCUT2D eigenvalue weighted by Gasteiger charge is 2.24. The van der Waals surface area contributed by atoms with E-state index in [1.54, 1.807) is 17.4 Å². The van der Waals surface area contributed by atoms with Crippen LogP contribution in [0.3, 0.4) is 0 Å². The lowest BCUT2D eigenvalue weighted by atomic mass is 10.0. The van der Waals surface area contributed by atoms with Crippen LogP contribution in [0.4, 0.5) is 0 Å². The lowest BCUT2D eigenvalue weighted by Gasteiger charge is -2.22. The smallest absolute Gasteiger partial charge is 0.339 e. The third kappa shape index (κ3) is 3.71. The molecule has 5 nitrogen and oxygen atoms in total. The Kier molecular flexibility index (Phi) is 5.39. The summed E-state index contributed by atoms with van der Waals surface area (Å²) in [5, 5.41) is 14.1. The Hall–Kier alpha value is -2.34. The van der Waals surface area contributed by atoms with Crippen molar-refractivity contribution in [1.29, 1.82) is 0 Å². The first-order valence-corrected chi connectivity index (χ1v) is 8.08. The summed E-state index contributed by atoms with van der Waals surface area (Å²) < 4.78 is 5.15. The van der Waals surface area contributed by atoms with E-state index in [1.165, 1.54) is 19.2 Å². The van der Waals surface area contributed by atoms with Crippen molar-refractivity contribution in [2.45, 2.75) is 19.9 Å². The Balaban J connectivity index is 2.33. The Morgan fingerprint density at radius 1 is 1.17 bits per heavy atom. The monoisotopic (exact) mass is 333 g/mol. The first kappa shape index (κ1) is 17.0. The number of hydrogen-bond donors (Lipinski definition) is 2. The molecule has 0 saturated carbocycles. The number of hydrogen-bond acceptors (Lipinski definition) is 4. The molecule has 2 aromatic rings. The van der Waals surface area contributed by atoms with Crippen LogP contribution in [0.25, 0.3) is 0 Å². The third-order valence-electron chi connectivity index (χ3n) is 3.50. The lowest BCUT2D eigenvalue weighted by Crippen LogP contribution is -2.31. The summed E-state index contributed by atoms with van der Waals surface area (Å²) in [6, 6.07) is 8.29. The van der Waals surface area contributed by atoms with Gasteiger partial charge in [0.05, 0.1) is 18.7 Å². The van der Waals surface area contributed by atoms with E-state index < -0.39 is 5.97 Å². The molecule has 1 unspecified atom stereocenters. The number of carbonyl (C=O) groups excluding carboxylic acids is 1. The Morgan fingerprint density at radius 2 is 1.87 bits per heavy atom. The molecule has 122 valence electrons. The third-order valence-corrected chi connectivity index (χ3v) is 4.45. The number of para-hydroxylation sites is 1. The van der Waals surface area contributed by atoms with Crippen molar-refractivity contribution in [2.24, 2.45) is 5.92 Å². The molecule has 2 N–H and O–H groups in total. The number of rotatable bonds is 6. The van der Waals surface area contributed by atoms with Gasteiger partial charge in [0.25, 0.3) is 5.91 Å². The predicted molar refractivity (Wildman–Crippen MR) is 89.3 cm³/mol. The van der Waals surface area contributed by atoms with E-state index >= 15 is 0 Å². The van der Waals surface area contributed by atoms with Crippen molar-refractivity contribution in [1.82, 2.24) is 5.32 Å². The summed E-state index contributed by atoms with van der Waals surface area (Å²) >= 11 is 1.57. The Morgan fingerprint density at radius 3 is 2.39 bits per heavy atom. The van der Waals surface area contributed by atoms with Gasteiger partial charge in [-0.25, -0.2) is 4.79 Å². The van der Waals surface area contributed by atoms with E-state index in [4.69, 9.17) is 4.74 Å². The van der Waals surface area contributed by atoms with Crippen LogP contribution in [-0.2, 0) is 0 Å². The molecule has 23 heavy (non-hydrogen) atoms. The van der Waals surface area contributed by atoms with Gasteiger partial charge in [0, 0.05) is 4.88 Å². The van der Waals surface area contributed by atoms with Gasteiger partial charge < -0.3 is 15.2 Å². The standard InChI is InChI=1S/C17H19NO4S/c1-10(2)14(13-8-5-9-23-13)18-16(19)11-6-4-7-12(17(20)21)15(11)22-3/h4-10,14H,1-3H3,(H,18,19)(H,20,21). The second kappa shape index (κ2) is 7.28. The lowest BCUT2D eigenvalue weighted by molar-refractivity contribution is 0.0693. The van der Waals surface area contributed by atoms with E-state index in [0.29, 0.717) is 0 Å². The zero-order chi connectivity index (χ0) is 17.0. The number of ether oxygens (including phenoxy) is 1. The molecule has 0 spiro atoms. The minimum Gasteiger partial charge on any atom is -0.495 e. The summed E-state index contributed by atoms with van der Waals surface area (Å²) in [4.78, 5) is 24.9. The van der Waals surface area contributed by atoms with E-state index in [9.17, 15) is 14.7 Å². The molecular formula is C17H19NO4S. The Bertz CT molecular complexity index is 695. The second-order valence-corrected chi connectivity index (χ2v) is 6.38. The van der Waals surface area contributed by atoms with E-state index in [0.717, 1.165) is 4.88 Å². The Labute approximate surface area is 138 Å². The van der Waals surface area contributed by atoms with Crippen LogP contribution in [0, 0.1) is 5.92 Å². The summed E-state index contributed by atoms with van der Waals surface area (Å²) in [7, 11) is 1.36. The number of aromatic carboxylic acids is 1. The van der Waals surface area contributed by atoms with Crippen molar-refractivity contribution in [3.63, 3.8) is 0 Å². The van der Waals surface area contributed by atoms with Crippen molar-refractivity contribution < 1.29 is 19.4 Å². The predicted octanol–water partition coefficient (Wildman–Crippen LogP) is 3.58. The molecule has 0 saturated heterocycles. The zero-order valence-corrected chi connectivity index (χ0v) is 14.0. The molecule has 1 atom stereocenters. The molecular weight excluding hydrogens is 314 g/mol. The molecule has 0 aliphatic rings. The van der Waals surface area contributed by atoms with Crippen molar-refractivity contribution in [2.75, 3.05) is 7.11 Å². The first-order valence-electron chi connectivity index (χ1n) is 7.20. The highest BCUT2D eigenvalue weighted by Crippen LogP contribution is 2.28. The molecule has 1 aromatic carbocycles. The molecule has 1 amide bonds. The molecule has 0 bridgehead atoms. The number of carboxylic acids is 1. The van der Waals surface area contributed by atoms with Crippen LogP contribution in [-0.4, -0.2) is 24.1 Å². The van der Waals surface area contributed by atoms with Crippen LogP contribution < -0.4 is 10.1 Å². The fourth-order valence-corrected chi connectivity index (χ4v) is 3.31. The fraction of sp³-hybridized carbons (Fsp3) is 0.294. The number of carbonyl (C=O) groups is 2. The second-order valence-electron chi connectivity index (χ2n) is 5.40. The molecule has 1 aromatic heterocycles. The molecule has 2 rings (SSSR count). The average Bonchev–Trinajstić information content (AvgIpc) is 3.05. The van der Waals surface area contributed by atoms with Crippen LogP contribution >= 0.6 is 11.3 Å². The maximum Gasteiger partial charge on any atom is 0.339 e. The summed E-state index contributed by atoms with van der Waals surface area (Å²) in [6.07, 6.45) is 0. The number of benzene rings is 1. The minimum absolute atomic E-state index is 0.0302. The van der Waals surface area contributed by atoms with Crippen molar-refractivity contribution >= 4 is 23.2 Å². The van der Waals surface area contributed by atoms with Gasteiger partial charge in [0.15, 0.2) is 0 Å².